The van der Waals surface area contributed by atoms with E-state index in [0.717, 1.165) is 6.07 Å². The van der Waals surface area contributed by atoms with Gasteiger partial charge in [0.05, 0.1) is 5.56 Å². The molecule has 0 spiro atoms. The summed E-state index contributed by atoms with van der Waals surface area (Å²) >= 11 is 0. The number of amides is 2. The molecule has 2 amide bonds. The molecular formula is C15H12F2N2O2. The van der Waals surface area contributed by atoms with E-state index in [0.29, 0.717) is 11.4 Å². The summed E-state index contributed by atoms with van der Waals surface area (Å²) in [6.07, 6.45) is 0. The number of carbonyl (C=O) groups excluding carboxylic acids is 2. The van der Waals surface area contributed by atoms with Crippen LogP contribution in [0.1, 0.15) is 17.3 Å². The lowest BCUT2D eigenvalue weighted by Crippen LogP contribution is -2.15. The quantitative estimate of drug-likeness (QED) is 0.912. The first-order chi connectivity index (χ1) is 9.97. The van der Waals surface area contributed by atoms with Crippen molar-refractivity contribution in [3.63, 3.8) is 0 Å². The van der Waals surface area contributed by atoms with Gasteiger partial charge >= 0.3 is 0 Å². The number of benzene rings is 2. The molecule has 6 heteroatoms. The van der Waals surface area contributed by atoms with Crippen LogP contribution in [0.2, 0.25) is 0 Å². The van der Waals surface area contributed by atoms with E-state index in [1.165, 1.54) is 25.1 Å². The van der Waals surface area contributed by atoms with Crippen molar-refractivity contribution in [2.75, 3.05) is 10.6 Å². The van der Waals surface area contributed by atoms with Crippen molar-refractivity contribution < 1.29 is 18.4 Å². The van der Waals surface area contributed by atoms with Crippen LogP contribution >= 0.6 is 0 Å². The molecule has 0 radical (unpaired) electrons. The Kier molecular flexibility index (Phi) is 4.27. The Labute approximate surface area is 119 Å². The first-order valence-corrected chi connectivity index (χ1v) is 6.10. The van der Waals surface area contributed by atoms with Gasteiger partial charge in [-0.25, -0.2) is 8.78 Å². The van der Waals surface area contributed by atoms with Crippen molar-refractivity contribution in [3.8, 4) is 0 Å². The summed E-state index contributed by atoms with van der Waals surface area (Å²) in [6, 6.07) is 9.70. The summed E-state index contributed by atoms with van der Waals surface area (Å²) in [5, 5.41) is 5.00. The van der Waals surface area contributed by atoms with Crippen LogP contribution in [0.15, 0.2) is 42.5 Å². The second kappa shape index (κ2) is 6.13. The molecule has 0 aliphatic carbocycles. The van der Waals surface area contributed by atoms with Crippen LogP contribution in [0.3, 0.4) is 0 Å². The molecule has 2 aromatic rings. The van der Waals surface area contributed by atoms with Gasteiger partial charge in [-0.15, -0.1) is 0 Å². The second-order valence-electron chi connectivity index (χ2n) is 4.32. The predicted octanol–water partition coefficient (Wildman–Crippen LogP) is 3.18. The molecule has 2 N–H and O–H groups in total. The topological polar surface area (TPSA) is 58.2 Å². The summed E-state index contributed by atoms with van der Waals surface area (Å²) in [4.78, 5) is 22.9. The monoisotopic (exact) mass is 290 g/mol. The van der Waals surface area contributed by atoms with Crippen molar-refractivity contribution in [3.05, 3.63) is 59.7 Å². The molecule has 2 rings (SSSR count). The lowest BCUT2D eigenvalue weighted by molar-refractivity contribution is -0.114. The molecule has 0 atom stereocenters. The van der Waals surface area contributed by atoms with E-state index in [1.54, 1.807) is 18.2 Å². The Morgan fingerprint density at radius 1 is 0.952 bits per heavy atom. The first-order valence-electron chi connectivity index (χ1n) is 6.10. The zero-order valence-electron chi connectivity index (χ0n) is 11.1. The third-order valence-electron chi connectivity index (χ3n) is 2.64. The second-order valence-corrected chi connectivity index (χ2v) is 4.32. The largest absolute Gasteiger partial charge is 0.326 e. The summed E-state index contributed by atoms with van der Waals surface area (Å²) in [6.45, 7) is 1.35. The normalized spacial score (nSPS) is 10.0. The highest BCUT2D eigenvalue weighted by Gasteiger charge is 2.15. The fraction of sp³-hybridized carbons (Fsp3) is 0.0667. The Morgan fingerprint density at radius 2 is 1.57 bits per heavy atom. The molecule has 108 valence electrons. The molecule has 0 saturated carbocycles. The van der Waals surface area contributed by atoms with E-state index in [2.05, 4.69) is 10.6 Å². The molecule has 0 aliphatic heterocycles. The SMILES string of the molecule is CC(=O)Nc1cccc(NC(=O)c2cccc(F)c2F)c1. The highest BCUT2D eigenvalue weighted by atomic mass is 19.2. The van der Waals surface area contributed by atoms with E-state index >= 15 is 0 Å². The molecule has 0 heterocycles. The predicted molar refractivity (Wildman–Crippen MR) is 75.1 cm³/mol. The molecular weight excluding hydrogens is 278 g/mol. The summed E-state index contributed by atoms with van der Waals surface area (Å²) in [7, 11) is 0. The number of anilines is 2. The number of carbonyl (C=O) groups is 2. The van der Waals surface area contributed by atoms with Crippen LogP contribution < -0.4 is 10.6 Å². The average Bonchev–Trinajstić information content (AvgIpc) is 2.41. The third kappa shape index (κ3) is 3.62. The van der Waals surface area contributed by atoms with Gasteiger partial charge in [-0.1, -0.05) is 12.1 Å². The van der Waals surface area contributed by atoms with Crippen LogP contribution in [0.25, 0.3) is 0 Å². The zero-order valence-corrected chi connectivity index (χ0v) is 11.1. The molecule has 0 fully saturated rings. The van der Waals surface area contributed by atoms with Gasteiger partial charge in [0.25, 0.3) is 5.91 Å². The van der Waals surface area contributed by atoms with E-state index in [4.69, 9.17) is 0 Å². The molecule has 0 aliphatic rings. The van der Waals surface area contributed by atoms with Gasteiger partial charge in [0.2, 0.25) is 5.91 Å². The molecule has 0 aromatic heterocycles. The van der Waals surface area contributed by atoms with E-state index in [9.17, 15) is 18.4 Å². The molecule has 4 nitrogen and oxygen atoms in total. The summed E-state index contributed by atoms with van der Waals surface area (Å²) in [5.74, 6) is -3.32. The standard InChI is InChI=1S/C15H12F2N2O2/c1-9(20)18-10-4-2-5-11(8-10)19-15(21)12-6-3-7-13(16)14(12)17/h2-8H,1H3,(H,18,20)(H,19,21). The van der Waals surface area contributed by atoms with Gasteiger partial charge in [-0.3, -0.25) is 9.59 Å². The average molecular weight is 290 g/mol. The van der Waals surface area contributed by atoms with Gasteiger partial charge in [-0.05, 0) is 30.3 Å². The van der Waals surface area contributed by atoms with Gasteiger partial charge in [0.1, 0.15) is 0 Å². The number of hydrogen-bond donors (Lipinski definition) is 2. The van der Waals surface area contributed by atoms with E-state index in [1.807, 2.05) is 0 Å². The van der Waals surface area contributed by atoms with Crippen molar-refractivity contribution in [2.24, 2.45) is 0 Å². The van der Waals surface area contributed by atoms with Gasteiger partial charge in [-0.2, -0.15) is 0 Å². The first kappa shape index (κ1) is 14.6. The van der Waals surface area contributed by atoms with Crippen LogP contribution in [-0.2, 0) is 4.79 Å². The molecule has 0 unspecified atom stereocenters. The highest BCUT2D eigenvalue weighted by Crippen LogP contribution is 2.17. The minimum absolute atomic E-state index is 0.255. The number of nitrogens with one attached hydrogen (secondary N) is 2. The number of rotatable bonds is 3. The Morgan fingerprint density at radius 3 is 2.24 bits per heavy atom. The van der Waals surface area contributed by atoms with Crippen molar-refractivity contribution >= 4 is 23.2 Å². The van der Waals surface area contributed by atoms with E-state index < -0.39 is 17.5 Å². The minimum atomic E-state index is -1.20. The lowest BCUT2D eigenvalue weighted by atomic mass is 10.2. The maximum absolute atomic E-state index is 13.5. The number of halogens is 2. The summed E-state index contributed by atoms with van der Waals surface area (Å²) < 4.78 is 26.6. The van der Waals surface area contributed by atoms with Crippen molar-refractivity contribution in [1.82, 2.24) is 0 Å². The van der Waals surface area contributed by atoms with Crippen molar-refractivity contribution in [1.29, 1.82) is 0 Å². The van der Waals surface area contributed by atoms with Gasteiger partial charge < -0.3 is 10.6 Å². The molecule has 21 heavy (non-hydrogen) atoms. The molecule has 2 aromatic carbocycles. The Bertz CT molecular complexity index is 702. The lowest BCUT2D eigenvalue weighted by Gasteiger charge is -2.08. The molecule has 0 saturated heterocycles. The number of hydrogen-bond acceptors (Lipinski definition) is 2. The Balaban J connectivity index is 2.20. The highest BCUT2D eigenvalue weighted by molar-refractivity contribution is 6.04. The van der Waals surface area contributed by atoms with Crippen LogP contribution in [0.5, 0.6) is 0 Å². The fourth-order valence-corrected chi connectivity index (χ4v) is 1.76. The summed E-state index contributed by atoms with van der Waals surface area (Å²) in [5.41, 5.74) is 0.454. The minimum Gasteiger partial charge on any atom is -0.326 e. The van der Waals surface area contributed by atoms with Gasteiger partial charge in [0, 0.05) is 18.3 Å². The Hall–Kier alpha value is -2.76. The van der Waals surface area contributed by atoms with Gasteiger partial charge in [0.15, 0.2) is 11.6 Å². The smallest absolute Gasteiger partial charge is 0.258 e. The van der Waals surface area contributed by atoms with E-state index in [-0.39, 0.29) is 11.5 Å². The van der Waals surface area contributed by atoms with Crippen LogP contribution in [-0.4, -0.2) is 11.8 Å². The zero-order chi connectivity index (χ0) is 15.4. The maximum Gasteiger partial charge on any atom is 0.258 e. The van der Waals surface area contributed by atoms with Crippen LogP contribution in [0, 0.1) is 11.6 Å². The molecule has 0 bridgehead atoms. The van der Waals surface area contributed by atoms with Crippen molar-refractivity contribution in [2.45, 2.75) is 6.92 Å². The van der Waals surface area contributed by atoms with Crippen LogP contribution in [0.4, 0.5) is 20.2 Å². The fourth-order valence-electron chi connectivity index (χ4n) is 1.76. The third-order valence-corrected chi connectivity index (χ3v) is 2.64. The maximum atomic E-state index is 13.5.